The number of rotatable bonds is 5. The normalized spacial score (nSPS) is 12.7. The molecule has 0 amide bonds. The van der Waals surface area contributed by atoms with E-state index in [0.717, 1.165) is 0 Å². The molecule has 0 bridgehead atoms. The minimum absolute atomic E-state index is 0.0156. The van der Waals surface area contributed by atoms with E-state index in [1.165, 1.54) is 23.2 Å². The molecule has 102 valence electrons. The van der Waals surface area contributed by atoms with Gasteiger partial charge in [0.1, 0.15) is 5.75 Å². The maximum Gasteiger partial charge on any atom is 0.387 e. The largest absolute Gasteiger partial charge is 0.433 e. The Morgan fingerprint density at radius 2 is 2.11 bits per heavy atom. The first-order chi connectivity index (χ1) is 9.13. The molecule has 0 aliphatic rings. The van der Waals surface area contributed by atoms with E-state index in [4.69, 9.17) is 10.8 Å². The first kappa shape index (κ1) is 13.4. The minimum atomic E-state index is -2.92. The van der Waals surface area contributed by atoms with Crippen molar-refractivity contribution in [3.05, 3.63) is 42.5 Å². The van der Waals surface area contributed by atoms with Gasteiger partial charge in [-0.15, -0.1) is 0 Å². The molecule has 1 heterocycles. The van der Waals surface area contributed by atoms with E-state index < -0.39 is 12.7 Å². The summed E-state index contributed by atoms with van der Waals surface area (Å²) in [6.07, 6.45) is 2.90. The van der Waals surface area contributed by atoms with Gasteiger partial charge in [0.05, 0.1) is 36.6 Å². The number of ether oxygens (including phenoxy) is 1. The summed E-state index contributed by atoms with van der Waals surface area (Å²) in [7, 11) is 0. The Kier molecular flexibility index (Phi) is 4.08. The summed E-state index contributed by atoms with van der Waals surface area (Å²) in [6, 6.07) is 5.65. The van der Waals surface area contributed by atoms with Crippen molar-refractivity contribution in [2.75, 3.05) is 6.61 Å². The molecule has 0 saturated heterocycles. The second-order valence-electron chi connectivity index (χ2n) is 3.82. The summed E-state index contributed by atoms with van der Waals surface area (Å²) in [5, 5.41) is 9.08. The number of imidazole rings is 1. The van der Waals surface area contributed by atoms with Gasteiger partial charge >= 0.3 is 6.61 Å². The number of nitrogens with zero attached hydrogens (tertiary/aromatic N) is 2. The molecule has 1 atom stereocenters. The fourth-order valence-electron chi connectivity index (χ4n) is 1.73. The average molecular weight is 269 g/mol. The van der Waals surface area contributed by atoms with E-state index in [0.29, 0.717) is 11.4 Å². The van der Waals surface area contributed by atoms with Gasteiger partial charge in [-0.25, -0.2) is 4.98 Å². The van der Waals surface area contributed by atoms with E-state index in [1.807, 2.05) is 0 Å². The molecule has 0 radical (unpaired) electrons. The molecule has 1 aromatic carbocycles. The highest BCUT2D eigenvalue weighted by atomic mass is 19.3. The molecule has 0 aliphatic carbocycles. The SMILES string of the molecule is NC(CO)c1cncn1-c1ccccc1OC(F)F. The van der Waals surface area contributed by atoms with E-state index in [-0.39, 0.29) is 12.4 Å². The Bertz CT molecular complexity index is 545. The van der Waals surface area contributed by atoms with Crippen LogP contribution >= 0.6 is 0 Å². The smallest absolute Gasteiger partial charge is 0.387 e. The number of para-hydroxylation sites is 2. The van der Waals surface area contributed by atoms with E-state index in [1.54, 1.807) is 18.2 Å². The van der Waals surface area contributed by atoms with Gasteiger partial charge in [-0.3, -0.25) is 4.57 Å². The molecule has 1 unspecified atom stereocenters. The van der Waals surface area contributed by atoms with Crippen LogP contribution in [0.3, 0.4) is 0 Å². The molecule has 19 heavy (non-hydrogen) atoms. The summed E-state index contributed by atoms with van der Waals surface area (Å²) >= 11 is 0. The molecule has 2 aromatic rings. The topological polar surface area (TPSA) is 73.3 Å². The Balaban J connectivity index is 2.44. The maximum atomic E-state index is 12.4. The monoisotopic (exact) mass is 269 g/mol. The van der Waals surface area contributed by atoms with E-state index >= 15 is 0 Å². The molecule has 3 N–H and O–H groups in total. The lowest BCUT2D eigenvalue weighted by molar-refractivity contribution is -0.0498. The average Bonchev–Trinajstić information content (AvgIpc) is 2.87. The van der Waals surface area contributed by atoms with Crippen LogP contribution in [0.15, 0.2) is 36.8 Å². The summed E-state index contributed by atoms with van der Waals surface area (Å²) in [6.45, 7) is -3.19. The lowest BCUT2D eigenvalue weighted by Gasteiger charge is -2.15. The van der Waals surface area contributed by atoms with Gasteiger partial charge in [-0.1, -0.05) is 12.1 Å². The Hall–Kier alpha value is -1.99. The van der Waals surface area contributed by atoms with Crippen LogP contribution in [0, 0.1) is 0 Å². The molecule has 0 aliphatic heterocycles. The van der Waals surface area contributed by atoms with Crippen molar-refractivity contribution >= 4 is 0 Å². The van der Waals surface area contributed by atoms with Gasteiger partial charge in [-0.2, -0.15) is 8.78 Å². The number of hydrogen-bond donors (Lipinski definition) is 2. The third-order valence-electron chi connectivity index (χ3n) is 2.58. The zero-order valence-electron chi connectivity index (χ0n) is 9.91. The Labute approximate surface area is 108 Å². The zero-order valence-corrected chi connectivity index (χ0v) is 9.91. The molecular weight excluding hydrogens is 256 g/mol. The highest BCUT2D eigenvalue weighted by Gasteiger charge is 2.16. The number of alkyl halides is 2. The highest BCUT2D eigenvalue weighted by molar-refractivity contribution is 5.47. The highest BCUT2D eigenvalue weighted by Crippen LogP contribution is 2.26. The van der Waals surface area contributed by atoms with Gasteiger partial charge in [0, 0.05) is 0 Å². The van der Waals surface area contributed by atoms with Gasteiger partial charge < -0.3 is 15.6 Å². The predicted molar refractivity (Wildman–Crippen MR) is 64.2 cm³/mol. The summed E-state index contributed by atoms with van der Waals surface area (Å²) < 4.78 is 30.7. The van der Waals surface area contributed by atoms with Crippen LogP contribution < -0.4 is 10.5 Å². The fraction of sp³-hybridized carbons (Fsp3) is 0.250. The summed E-state index contributed by atoms with van der Waals surface area (Å²) in [5.74, 6) is 0.0156. The van der Waals surface area contributed by atoms with Gasteiger partial charge in [0.15, 0.2) is 0 Å². The first-order valence-electron chi connectivity index (χ1n) is 5.56. The summed E-state index contributed by atoms with van der Waals surface area (Å²) in [5.41, 5.74) is 6.62. The number of aromatic nitrogens is 2. The Morgan fingerprint density at radius 1 is 1.37 bits per heavy atom. The minimum Gasteiger partial charge on any atom is -0.433 e. The van der Waals surface area contributed by atoms with Crippen molar-refractivity contribution in [1.82, 2.24) is 9.55 Å². The van der Waals surface area contributed by atoms with Gasteiger partial charge in [-0.05, 0) is 12.1 Å². The van der Waals surface area contributed by atoms with Crippen LogP contribution in [0.4, 0.5) is 8.78 Å². The molecule has 7 heteroatoms. The van der Waals surface area contributed by atoms with Crippen molar-refractivity contribution in [3.63, 3.8) is 0 Å². The third-order valence-corrected chi connectivity index (χ3v) is 2.58. The summed E-state index contributed by atoms with van der Waals surface area (Å²) in [4.78, 5) is 3.92. The second kappa shape index (κ2) is 5.77. The molecule has 0 spiro atoms. The number of aliphatic hydroxyl groups is 1. The van der Waals surface area contributed by atoms with E-state index in [9.17, 15) is 8.78 Å². The van der Waals surface area contributed by atoms with Crippen LogP contribution in [0.2, 0.25) is 0 Å². The van der Waals surface area contributed by atoms with Crippen LogP contribution in [0.5, 0.6) is 5.75 Å². The first-order valence-corrected chi connectivity index (χ1v) is 5.56. The molecule has 2 rings (SSSR count). The molecule has 5 nitrogen and oxygen atoms in total. The van der Waals surface area contributed by atoms with Gasteiger partial charge in [0.25, 0.3) is 0 Å². The second-order valence-corrected chi connectivity index (χ2v) is 3.82. The predicted octanol–water partition coefficient (Wildman–Crippen LogP) is 1.47. The number of aliphatic hydroxyl groups excluding tert-OH is 1. The maximum absolute atomic E-state index is 12.4. The standard InChI is InChI=1S/C12H13F2N3O2/c13-12(14)19-11-4-2-1-3-9(11)17-7-16-5-10(17)8(15)6-18/h1-5,7-8,12,18H,6,15H2. The number of benzene rings is 1. The van der Waals surface area contributed by atoms with Gasteiger partial charge in [0.2, 0.25) is 0 Å². The van der Waals surface area contributed by atoms with Crippen LogP contribution in [0.1, 0.15) is 11.7 Å². The van der Waals surface area contributed by atoms with Crippen molar-refractivity contribution in [2.24, 2.45) is 5.73 Å². The third kappa shape index (κ3) is 2.88. The number of hydrogen-bond acceptors (Lipinski definition) is 4. The molecule has 0 fully saturated rings. The van der Waals surface area contributed by atoms with Crippen molar-refractivity contribution < 1.29 is 18.6 Å². The quantitative estimate of drug-likeness (QED) is 0.862. The zero-order chi connectivity index (χ0) is 13.8. The molecule has 0 saturated carbocycles. The van der Waals surface area contributed by atoms with Crippen LogP contribution in [-0.4, -0.2) is 27.9 Å². The van der Waals surface area contributed by atoms with Crippen molar-refractivity contribution in [3.8, 4) is 11.4 Å². The fourth-order valence-corrected chi connectivity index (χ4v) is 1.73. The van der Waals surface area contributed by atoms with Crippen LogP contribution in [0.25, 0.3) is 5.69 Å². The van der Waals surface area contributed by atoms with E-state index in [2.05, 4.69) is 9.72 Å². The van der Waals surface area contributed by atoms with Crippen molar-refractivity contribution in [1.29, 1.82) is 0 Å². The van der Waals surface area contributed by atoms with Crippen LogP contribution in [-0.2, 0) is 0 Å². The lowest BCUT2D eigenvalue weighted by atomic mass is 10.2. The van der Waals surface area contributed by atoms with Crippen molar-refractivity contribution in [2.45, 2.75) is 12.7 Å². The lowest BCUT2D eigenvalue weighted by Crippen LogP contribution is -2.18. The molecule has 1 aromatic heterocycles. The Morgan fingerprint density at radius 3 is 2.79 bits per heavy atom. The number of nitrogens with two attached hydrogens (primary N) is 1. The molecular formula is C12H13F2N3O2. The number of halogens is 2.